The molecule has 1 aliphatic rings. The molecule has 0 saturated carbocycles. The van der Waals surface area contributed by atoms with Crippen molar-refractivity contribution in [3.05, 3.63) is 76.3 Å². The van der Waals surface area contributed by atoms with Crippen molar-refractivity contribution >= 4 is 38.2 Å². The van der Waals surface area contributed by atoms with Crippen LogP contribution in [-0.4, -0.2) is 36.5 Å². The summed E-state index contributed by atoms with van der Waals surface area (Å²) < 4.78 is 1.62. The van der Waals surface area contributed by atoms with Crippen LogP contribution in [0.2, 0.25) is 0 Å². The fourth-order valence-electron chi connectivity index (χ4n) is 3.03. The number of allylic oxidation sites excluding steroid dienone is 2. The van der Waals surface area contributed by atoms with Gasteiger partial charge in [-0.3, -0.25) is 9.28 Å². The van der Waals surface area contributed by atoms with Crippen LogP contribution < -0.4 is 5.73 Å². The summed E-state index contributed by atoms with van der Waals surface area (Å²) in [6.45, 7) is 2.62. The van der Waals surface area contributed by atoms with Crippen LogP contribution in [0.25, 0.3) is 17.7 Å². The van der Waals surface area contributed by atoms with Gasteiger partial charge in [0.05, 0.1) is 5.69 Å². The number of rotatable bonds is 6. The van der Waals surface area contributed by atoms with E-state index in [0.29, 0.717) is 12.1 Å². The molecule has 2 heterocycles. The third kappa shape index (κ3) is 3.84. The summed E-state index contributed by atoms with van der Waals surface area (Å²) in [5, 5.41) is 0. The number of hydrogen-bond donors (Lipinski definition) is 2. The molecule has 0 fully saturated rings. The van der Waals surface area contributed by atoms with Crippen LogP contribution in [0.3, 0.4) is 0 Å². The Balaban J connectivity index is 1.90. The smallest absolute Gasteiger partial charge is 0.355 e. The predicted octanol–water partition coefficient (Wildman–Crippen LogP) is 3.10. The lowest BCUT2D eigenvalue weighted by Gasteiger charge is -2.07. The molecule has 2 aromatic rings. The van der Waals surface area contributed by atoms with Gasteiger partial charge in [0.25, 0.3) is 0 Å². The van der Waals surface area contributed by atoms with Crippen molar-refractivity contribution in [3.8, 4) is 0 Å². The van der Waals surface area contributed by atoms with Gasteiger partial charge in [-0.1, -0.05) is 30.3 Å². The van der Waals surface area contributed by atoms with Crippen molar-refractivity contribution < 1.29 is 9.28 Å². The number of aryl methyl sites for hydroxylation is 1. The lowest BCUT2D eigenvalue weighted by molar-refractivity contribution is -0.294. The van der Waals surface area contributed by atoms with Gasteiger partial charge in [0.2, 0.25) is 0 Å². The molecule has 128 valence electrons. The average Bonchev–Trinajstić information content (AvgIpc) is 3.24. The van der Waals surface area contributed by atoms with Crippen LogP contribution in [0, 0.1) is 6.92 Å². The first-order valence-electron chi connectivity index (χ1n) is 8.54. The molecule has 4 nitrogen and oxygen atoms in total. The van der Waals surface area contributed by atoms with E-state index >= 15 is 0 Å². The minimum Gasteiger partial charge on any atom is -0.355 e. The molecule has 3 rings (SSSR count). The molecule has 0 amide bonds. The highest BCUT2D eigenvalue weighted by molar-refractivity contribution is 6.01. The SMILES string of the molecule is [B][N+]1=CC=CC1=C(CCN)c1[nH]c(/C=C/c2ccc(C=O)cc2)cc1C. The Bertz CT molecular complexity index is 931. The second kappa shape index (κ2) is 7.98. The summed E-state index contributed by atoms with van der Waals surface area (Å²) in [5.74, 6) is 0. The average molecular weight is 342 g/mol. The summed E-state index contributed by atoms with van der Waals surface area (Å²) in [4.78, 5) is 14.2. The summed E-state index contributed by atoms with van der Waals surface area (Å²) in [5.41, 5.74) is 12.8. The van der Waals surface area contributed by atoms with E-state index in [1.165, 1.54) is 0 Å². The van der Waals surface area contributed by atoms with Crippen LogP contribution in [0.15, 0.2) is 48.2 Å². The summed E-state index contributed by atoms with van der Waals surface area (Å²) in [6.07, 6.45) is 11.4. The lowest BCUT2D eigenvalue weighted by Crippen LogP contribution is -2.09. The first kappa shape index (κ1) is 17.9. The molecule has 1 aliphatic heterocycles. The molecule has 3 N–H and O–H groups in total. The van der Waals surface area contributed by atoms with E-state index in [1.54, 1.807) is 16.6 Å². The van der Waals surface area contributed by atoms with Gasteiger partial charge in [0.15, 0.2) is 5.70 Å². The first-order chi connectivity index (χ1) is 12.6. The van der Waals surface area contributed by atoms with Crippen molar-refractivity contribution in [1.82, 2.24) is 4.98 Å². The van der Waals surface area contributed by atoms with E-state index < -0.39 is 0 Å². The maximum atomic E-state index is 10.7. The molecule has 5 heteroatoms. The second-order valence-corrected chi connectivity index (χ2v) is 6.22. The number of carbonyl (C=O) groups is 1. The summed E-state index contributed by atoms with van der Waals surface area (Å²) in [7, 11) is 6.03. The molecule has 2 radical (unpaired) electrons. The Kier molecular flexibility index (Phi) is 5.49. The maximum Gasteiger partial charge on any atom is 0.586 e. The highest BCUT2D eigenvalue weighted by Gasteiger charge is 2.20. The van der Waals surface area contributed by atoms with Gasteiger partial charge in [-0.2, -0.15) is 0 Å². The van der Waals surface area contributed by atoms with Gasteiger partial charge in [-0.25, -0.2) is 0 Å². The van der Waals surface area contributed by atoms with Crippen molar-refractivity contribution in [1.29, 1.82) is 0 Å². The van der Waals surface area contributed by atoms with Crippen molar-refractivity contribution in [3.63, 3.8) is 0 Å². The number of benzene rings is 1. The number of hydrogen-bond acceptors (Lipinski definition) is 2. The normalized spacial score (nSPS) is 15.5. The lowest BCUT2D eigenvalue weighted by atomic mass is 10.0. The zero-order valence-electron chi connectivity index (χ0n) is 14.8. The molecule has 26 heavy (non-hydrogen) atoms. The van der Waals surface area contributed by atoms with Crippen LogP contribution in [-0.2, 0) is 0 Å². The van der Waals surface area contributed by atoms with Crippen molar-refractivity contribution in [2.24, 2.45) is 5.73 Å². The number of H-pyrrole nitrogens is 1. The van der Waals surface area contributed by atoms with E-state index in [4.69, 9.17) is 13.7 Å². The number of nitrogens with one attached hydrogen (secondary N) is 1. The number of nitrogens with zero attached hydrogens (tertiary/aromatic N) is 1. The largest absolute Gasteiger partial charge is 0.586 e. The minimum atomic E-state index is 0.549. The zero-order chi connectivity index (χ0) is 18.5. The number of aldehydes is 1. The van der Waals surface area contributed by atoms with E-state index in [0.717, 1.165) is 46.5 Å². The fraction of sp³-hybridized carbons (Fsp3) is 0.143. The van der Waals surface area contributed by atoms with Crippen LogP contribution >= 0.6 is 0 Å². The van der Waals surface area contributed by atoms with Gasteiger partial charge in [-0.05, 0) is 43.2 Å². The van der Waals surface area contributed by atoms with Crippen molar-refractivity contribution in [2.45, 2.75) is 13.3 Å². The van der Waals surface area contributed by atoms with Gasteiger partial charge >= 0.3 is 7.98 Å². The Morgan fingerprint density at radius 1 is 1.23 bits per heavy atom. The highest BCUT2D eigenvalue weighted by atomic mass is 16.1. The molecule has 1 aromatic heterocycles. The van der Waals surface area contributed by atoms with Crippen LogP contribution in [0.1, 0.15) is 39.3 Å². The molecule has 0 atom stereocenters. The molecule has 0 aliphatic carbocycles. The Labute approximate surface area is 154 Å². The first-order valence-corrected chi connectivity index (χ1v) is 8.54. The van der Waals surface area contributed by atoms with Crippen molar-refractivity contribution in [2.75, 3.05) is 6.54 Å². The zero-order valence-corrected chi connectivity index (χ0v) is 14.8. The monoisotopic (exact) mass is 342 g/mol. The van der Waals surface area contributed by atoms with E-state index in [9.17, 15) is 4.79 Å². The van der Waals surface area contributed by atoms with E-state index in [1.807, 2.05) is 42.7 Å². The maximum absolute atomic E-state index is 10.7. The minimum absolute atomic E-state index is 0.549. The number of aromatic amines is 1. The van der Waals surface area contributed by atoms with E-state index in [2.05, 4.69) is 18.0 Å². The van der Waals surface area contributed by atoms with Gasteiger partial charge in [0, 0.05) is 29.0 Å². The summed E-state index contributed by atoms with van der Waals surface area (Å²) >= 11 is 0. The predicted molar refractivity (Wildman–Crippen MR) is 108 cm³/mol. The van der Waals surface area contributed by atoms with Gasteiger partial charge in [-0.15, -0.1) is 0 Å². The number of nitrogens with two attached hydrogens (primary N) is 1. The Morgan fingerprint density at radius 3 is 2.58 bits per heavy atom. The standard InChI is InChI=1S/C21H21BN3O/c1-15-13-18(9-8-16-4-6-17(14-26)7-5-16)24-21(15)19(10-11-23)20-3-2-12-25(20)22/h2-9,12-14,24H,10-11,23H2,1H3/q+1/b9-8+. The highest BCUT2D eigenvalue weighted by Crippen LogP contribution is 2.27. The molecule has 0 unspecified atom stereocenters. The number of carbonyl (C=O) groups excluding carboxylic acids is 1. The Hall–Kier alpha value is -2.92. The Morgan fingerprint density at radius 2 is 1.96 bits per heavy atom. The summed E-state index contributed by atoms with van der Waals surface area (Å²) in [6, 6.07) is 9.56. The van der Waals surface area contributed by atoms with Crippen LogP contribution in [0.4, 0.5) is 0 Å². The molecular weight excluding hydrogens is 321 g/mol. The molecule has 1 aromatic carbocycles. The van der Waals surface area contributed by atoms with E-state index in [-0.39, 0.29) is 0 Å². The van der Waals surface area contributed by atoms with Crippen LogP contribution in [0.5, 0.6) is 0 Å². The third-order valence-electron chi connectivity index (χ3n) is 4.35. The van der Waals surface area contributed by atoms with Gasteiger partial charge < -0.3 is 10.7 Å². The molecule has 0 bridgehead atoms. The van der Waals surface area contributed by atoms with Gasteiger partial charge in [0.1, 0.15) is 12.5 Å². The molecule has 0 spiro atoms. The second-order valence-electron chi connectivity index (χ2n) is 6.22. The molecule has 0 saturated heterocycles. The fourth-order valence-corrected chi connectivity index (χ4v) is 3.03. The topological polar surface area (TPSA) is 61.9 Å². The quantitative estimate of drug-likeness (QED) is 0.626. The third-order valence-corrected chi connectivity index (χ3v) is 4.35. The molecular formula is C21H21BN3O+. The number of aromatic nitrogens is 1.